The lowest BCUT2D eigenvalue weighted by Gasteiger charge is -2.35. The summed E-state index contributed by atoms with van der Waals surface area (Å²) in [6.07, 6.45) is 4.36. The van der Waals surface area contributed by atoms with Crippen molar-refractivity contribution in [1.29, 1.82) is 0 Å². The van der Waals surface area contributed by atoms with Crippen molar-refractivity contribution in [2.24, 2.45) is 5.73 Å². The Morgan fingerprint density at radius 1 is 1.47 bits per heavy atom. The van der Waals surface area contributed by atoms with Gasteiger partial charge in [0.05, 0.1) is 0 Å². The van der Waals surface area contributed by atoms with E-state index >= 15 is 0 Å². The molecular formula is C12H22N4S. The molecule has 2 N–H and O–H groups in total. The predicted octanol–water partition coefficient (Wildman–Crippen LogP) is 1.69. The smallest absolute Gasteiger partial charge is 0.185 e. The maximum atomic E-state index is 5.86. The fourth-order valence-corrected chi connectivity index (χ4v) is 3.13. The molecule has 0 bridgehead atoms. The van der Waals surface area contributed by atoms with Crippen molar-refractivity contribution < 1.29 is 0 Å². The average molecular weight is 254 g/mol. The van der Waals surface area contributed by atoms with E-state index in [2.05, 4.69) is 28.9 Å². The summed E-state index contributed by atoms with van der Waals surface area (Å²) < 4.78 is 0. The van der Waals surface area contributed by atoms with Crippen molar-refractivity contribution in [3.63, 3.8) is 0 Å². The largest absolute Gasteiger partial charge is 0.348 e. The van der Waals surface area contributed by atoms with Gasteiger partial charge >= 0.3 is 0 Å². The molecule has 17 heavy (non-hydrogen) atoms. The van der Waals surface area contributed by atoms with Gasteiger partial charge in [-0.2, -0.15) is 0 Å². The first-order valence-corrected chi connectivity index (χ1v) is 7.02. The molecule has 4 nitrogen and oxygen atoms in total. The molecule has 2 heterocycles. The molecule has 1 aromatic rings. The van der Waals surface area contributed by atoms with E-state index in [0.29, 0.717) is 0 Å². The van der Waals surface area contributed by atoms with Crippen molar-refractivity contribution in [2.75, 3.05) is 32.1 Å². The third kappa shape index (κ3) is 2.97. The lowest BCUT2D eigenvalue weighted by Crippen LogP contribution is -2.41. The molecule has 1 saturated heterocycles. The Labute approximate surface area is 107 Å². The van der Waals surface area contributed by atoms with E-state index in [1.165, 1.54) is 17.7 Å². The molecule has 1 aliphatic rings. The number of anilines is 1. The fraction of sp³-hybridized carbons (Fsp3) is 0.750. The average Bonchev–Trinajstić information content (AvgIpc) is 2.78. The fourth-order valence-electron chi connectivity index (χ4n) is 2.21. The Morgan fingerprint density at radius 2 is 2.12 bits per heavy atom. The third-order valence-electron chi connectivity index (χ3n) is 3.43. The van der Waals surface area contributed by atoms with Gasteiger partial charge in [-0.05, 0) is 33.9 Å². The molecule has 0 radical (unpaired) electrons. The lowest BCUT2D eigenvalue weighted by molar-refractivity contribution is 0.249. The first-order chi connectivity index (χ1) is 8.08. The van der Waals surface area contributed by atoms with E-state index in [1.807, 2.05) is 13.1 Å². The highest BCUT2D eigenvalue weighted by Crippen LogP contribution is 2.28. The Kier molecular flexibility index (Phi) is 4.01. The van der Waals surface area contributed by atoms with Crippen LogP contribution in [0.3, 0.4) is 0 Å². The van der Waals surface area contributed by atoms with E-state index in [4.69, 9.17) is 5.73 Å². The monoisotopic (exact) mass is 254 g/mol. The first-order valence-electron chi connectivity index (χ1n) is 6.20. The SMILES string of the molecule is CC(N)c1cnc(N2CCC(N(C)C)CC2)s1. The Balaban J connectivity index is 1.96. The maximum Gasteiger partial charge on any atom is 0.185 e. The summed E-state index contributed by atoms with van der Waals surface area (Å²) in [7, 11) is 4.33. The predicted molar refractivity (Wildman–Crippen MR) is 73.6 cm³/mol. The van der Waals surface area contributed by atoms with Crippen LogP contribution >= 0.6 is 11.3 Å². The van der Waals surface area contributed by atoms with Gasteiger partial charge in [0.1, 0.15) is 0 Å². The minimum atomic E-state index is 0.0977. The summed E-state index contributed by atoms with van der Waals surface area (Å²) in [5.41, 5.74) is 5.86. The molecule has 96 valence electrons. The van der Waals surface area contributed by atoms with Crippen LogP contribution in [0.4, 0.5) is 5.13 Å². The van der Waals surface area contributed by atoms with Crippen molar-refractivity contribution in [2.45, 2.75) is 31.8 Å². The molecule has 1 atom stereocenters. The molecule has 0 spiro atoms. The zero-order valence-corrected chi connectivity index (χ0v) is 11.7. The number of rotatable bonds is 3. The van der Waals surface area contributed by atoms with Gasteiger partial charge in [0.2, 0.25) is 0 Å². The van der Waals surface area contributed by atoms with Crippen LogP contribution in [0, 0.1) is 0 Å². The number of nitrogens with two attached hydrogens (primary N) is 1. The standard InChI is InChI=1S/C12H22N4S/c1-9(13)11-8-14-12(17-11)16-6-4-10(5-7-16)15(2)3/h8-10H,4-7,13H2,1-3H3. The van der Waals surface area contributed by atoms with Crippen molar-refractivity contribution in [3.8, 4) is 0 Å². The van der Waals surface area contributed by atoms with E-state index in [-0.39, 0.29) is 6.04 Å². The lowest BCUT2D eigenvalue weighted by atomic mass is 10.0. The van der Waals surface area contributed by atoms with Crippen LogP contribution < -0.4 is 10.6 Å². The number of hydrogen-bond donors (Lipinski definition) is 1. The van der Waals surface area contributed by atoms with Gasteiger partial charge in [-0.15, -0.1) is 11.3 Å². The summed E-state index contributed by atoms with van der Waals surface area (Å²) in [6.45, 7) is 4.22. The Hall–Kier alpha value is -0.650. The van der Waals surface area contributed by atoms with Gasteiger partial charge in [0.15, 0.2) is 5.13 Å². The molecule has 0 aliphatic carbocycles. The zero-order chi connectivity index (χ0) is 12.4. The van der Waals surface area contributed by atoms with Crippen LogP contribution in [0.2, 0.25) is 0 Å². The summed E-state index contributed by atoms with van der Waals surface area (Å²) in [5.74, 6) is 0. The second kappa shape index (κ2) is 5.33. The van der Waals surface area contributed by atoms with Gasteiger partial charge < -0.3 is 15.5 Å². The van der Waals surface area contributed by atoms with Crippen LogP contribution in [0.25, 0.3) is 0 Å². The summed E-state index contributed by atoms with van der Waals surface area (Å²) in [4.78, 5) is 10.4. The highest BCUT2D eigenvalue weighted by Gasteiger charge is 2.22. The molecular weight excluding hydrogens is 232 g/mol. The summed E-state index contributed by atoms with van der Waals surface area (Å²) >= 11 is 1.73. The molecule has 1 aromatic heterocycles. The number of aromatic nitrogens is 1. The second-order valence-electron chi connectivity index (χ2n) is 5.02. The Morgan fingerprint density at radius 3 is 2.59 bits per heavy atom. The molecule has 1 fully saturated rings. The van der Waals surface area contributed by atoms with Crippen LogP contribution in [0.5, 0.6) is 0 Å². The van der Waals surface area contributed by atoms with Gasteiger partial charge in [-0.1, -0.05) is 0 Å². The van der Waals surface area contributed by atoms with Crippen LogP contribution in [0.15, 0.2) is 6.20 Å². The molecule has 5 heteroatoms. The van der Waals surface area contributed by atoms with E-state index in [0.717, 1.165) is 24.3 Å². The summed E-state index contributed by atoms with van der Waals surface area (Å²) in [5, 5.41) is 1.13. The maximum absolute atomic E-state index is 5.86. The highest BCUT2D eigenvalue weighted by molar-refractivity contribution is 7.15. The molecule has 2 rings (SSSR count). The normalized spacial score (nSPS) is 19.9. The number of hydrogen-bond acceptors (Lipinski definition) is 5. The van der Waals surface area contributed by atoms with Crippen molar-refractivity contribution in [1.82, 2.24) is 9.88 Å². The topological polar surface area (TPSA) is 45.4 Å². The minimum absolute atomic E-state index is 0.0977. The Bertz CT molecular complexity index is 353. The molecule has 0 amide bonds. The van der Waals surface area contributed by atoms with Crippen LogP contribution in [0.1, 0.15) is 30.7 Å². The first kappa shape index (κ1) is 12.8. The van der Waals surface area contributed by atoms with E-state index < -0.39 is 0 Å². The van der Waals surface area contributed by atoms with Gasteiger partial charge in [-0.3, -0.25) is 0 Å². The van der Waals surface area contributed by atoms with E-state index in [1.54, 1.807) is 11.3 Å². The van der Waals surface area contributed by atoms with Crippen LogP contribution in [-0.2, 0) is 0 Å². The number of thiazole rings is 1. The highest BCUT2D eigenvalue weighted by atomic mass is 32.1. The molecule has 0 aromatic carbocycles. The molecule has 0 saturated carbocycles. The van der Waals surface area contributed by atoms with Gasteiger partial charge in [0, 0.05) is 36.2 Å². The van der Waals surface area contributed by atoms with Gasteiger partial charge in [-0.25, -0.2) is 4.98 Å². The zero-order valence-electron chi connectivity index (χ0n) is 10.9. The molecule has 1 unspecified atom stereocenters. The molecule has 1 aliphatic heterocycles. The second-order valence-corrected chi connectivity index (χ2v) is 6.06. The van der Waals surface area contributed by atoms with E-state index in [9.17, 15) is 0 Å². The third-order valence-corrected chi connectivity index (χ3v) is 4.68. The number of piperidine rings is 1. The van der Waals surface area contributed by atoms with Crippen LogP contribution in [-0.4, -0.2) is 43.1 Å². The van der Waals surface area contributed by atoms with Crippen molar-refractivity contribution in [3.05, 3.63) is 11.1 Å². The quantitative estimate of drug-likeness (QED) is 0.891. The number of nitrogens with zero attached hydrogens (tertiary/aromatic N) is 3. The summed E-state index contributed by atoms with van der Waals surface area (Å²) in [6, 6.07) is 0.819. The van der Waals surface area contributed by atoms with Gasteiger partial charge in [0.25, 0.3) is 0 Å². The van der Waals surface area contributed by atoms with Crippen molar-refractivity contribution >= 4 is 16.5 Å². The minimum Gasteiger partial charge on any atom is -0.348 e.